The van der Waals surface area contributed by atoms with Crippen molar-refractivity contribution in [2.45, 2.75) is 37.6 Å². The summed E-state index contributed by atoms with van der Waals surface area (Å²) in [6.45, 7) is 7.19. The summed E-state index contributed by atoms with van der Waals surface area (Å²) < 4.78 is 0. The number of piperazine rings is 1. The van der Waals surface area contributed by atoms with E-state index in [9.17, 15) is 14.4 Å². The first-order valence-corrected chi connectivity index (χ1v) is 18.9. The van der Waals surface area contributed by atoms with E-state index in [0.717, 1.165) is 57.5 Å². The lowest BCUT2D eigenvalue weighted by Crippen LogP contribution is -2.58. The number of halogens is 4. The minimum absolute atomic E-state index is 0.0269. The van der Waals surface area contributed by atoms with Gasteiger partial charge < -0.3 is 34.2 Å². The number of benzene rings is 2. The molecule has 0 spiro atoms. The summed E-state index contributed by atoms with van der Waals surface area (Å²) in [6.07, 6.45) is 3.24. The second-order valence-electron chi connectivity index (χ2n) is 13.6. The number of amides is 4. The molecule has 0 radical (unpaired) electrons. The number of carbonyl (C=O) groups is 3. The van der Waals surface area contributed by atoms with Gasteiger partial charge in [0.05, 0.1) is 22.3 Å². The van der Waals surface area contributed by atoms with E-state index in [-0.39, 0.29) is 42.9 Å². The highest BCUT2D eigenvalue weighted by Crippen LogP contribution is 2.31. The summed E-state index contributed by atoms with van der Waals surface area (Å²) in [5, 5.41) is 6.04. The predicted molar refractivity (Wildman–Crippen MR) is 204 cm³/mol. The molecular formula is C36H47Cl4N7O4. The molecule has 2 aromatic rings. The summed E-state index contributed by atoms with van der Waals surface area (Å²) >= 11 is 25.1. The van der Waals surface area contributed by atoms with Gasteiger partial charge in [-0.25, -0.2) is 4.79 Å². The molecule has 3 aliphatic heterocycles. The maximum absolute atomic E-state index is 13.6. The largest absolute Gasteiger partial charge is 0.399 e. The Hall–Kier alpha value is -2.80. The molecule has 3 aliphatic rings. The Morgan fingerprint density at radius 1 is 0.922 bits per heavy atom. The van der Waals surface area contributed by atoms with E-state index in [4.69, 9.17) is 51.2 Å². The predicted octanol–water partition coefficient (Wildman–Crippen LogP) is 5.91. The minimum Gasteiger partial charge on any atom is -0.399 e. The molecule has 3 saturated heterocycles. The number of piperidine rings is 1. The molecule has 5 rings (SSSR count). The normalized spacial score (nSPS) is 19.0. The molecule has 278 valence electrons. The lowest BCUT2D eigenvalue weighted by Gasteiger charge is -2.44. The highest BCUT2D eigenvalue weighted by atomic mass is 35.5. The molecule has 51 heavy (non-hydrogen) atoms. The zero-order valence-corrected chi connectivity index (χ0v) is 32.5. The Morgan fingerprint density at radius 3 is 2.25 bits per heavy atom. The fourth-order valence-corrected chi connectivity index (χ4v) is 8.00. The number of likely N-dealkylation sites (tertiary alicyclic amines) is 1. The summed E-state index contributed by atoms with van der Waals surface area (Å²) in [7, 11) is 5.25. The lowest BCUT2D eigenvalue weighted by atomic mass is 9.89. The lowest BCUT2D eigenvalue weighted by molar-refractivity contribution is -0.133. The van der Waals surface area contributed by atoms with Crippen LogP contribution in [0.25, 0.3) is 0 Å². The van der Waals surface area contributed by atoms with Crippen molar-refractivity contribution < 1.29 is 19.2 Å². The molecule has 15 heteroatoms. The molecule has 0 saturated carbocycles. The zero-order valence-electron chi connectivity index (χ0n) is 29.5. The molecule has 4 amide bonds. The van der Waals surface area contributed by atoms with Crippen molar-refractivity contribution in [2.75, 3.05) is 93.2 Å². The number of nitrogens with zero attached hydrogens (tertiary/aromatic N) is 7. The fourth-order valence-electron chi connectivity index (χ4n) is 7.16. The van der Waals surface area contributed by atoms with Gasteiger partial charge in [-0.15, -0.1) is 0 Å². The van der Waals surface area contributed by atoms with Crippen LogP contribution in [0.1, 0.15) is 47.5 Å². The van der Waals surface area contributed by atoms with Gasteiger partial charge >= 0.3 is 6.03 Å². The zero-order chi connectivity index (χ0) is 36.7. The van der Waals surface area contributed by atoms with Crippen molar-refractivity contribution >= 4 is 70.0 Å². The monoisotopic (exact) mass is 781 g/mol. The van der Waals surface area contributed by atoms with E-state index in [1.807, 2.05) is 21.9 Å². The molecule has 1 unspecified atom stereocenters. The van der Waals surface area contributed by atoms with Crippen molar-refractivity contribution in [3.63, 3.8) is 0 Å². The van der Waals surface area contributed by atoms with Gasteiger partial charge in [-0.1, -0.05) is 57.6 Å². The number of likely N-dealkylation sites (N-methyl/N-ethyl adjacent to an activating group) is 1. The Bertz CT molecular complexity index is 1560. The maximum Gasteiger partial charge on any atom is 0.320 e. The van der Waals surface area contributed by atoms with Gasteiger partial charge in [-0.3, -0.25) is 9.59 Å². The molecule has 0 aliphatic carbocycles. The van der Waals surface area contributed by atoms with Gasteiger partial charge in [0.15, 0.2) is 0 Å². The molecule has 11 nitrogen and oxygen atoms in total. The first kappa shape index (κ1) is 39.4. The highest BCUT2D eigenvalue weighted by Gasteiger charge is 2.35. The topological polar surface area (TPSA) is 92.2 Å². The Kier molecular flexibility index (Phi) is 14.1. The standard InChI is InChI=1S/C36H47Cl4N7O4/c1-42-15-17-45(18-16-42)34(48)24-46-10-4-11-47(36(46)50)29-7-12-44(13-8-29)14-9-30(25-5-6-31(39)32(40)21-25)33(41-51-3)23-43(2)35(49)26-19-27(37)22-28(38)20-26/h5-6,19-22,29-30H,4,7-18,23-24H2,1-3H3/b41-33+. The van der Waals surface area contributed by atoms with E-state index < -0.39 is 0 Å². The fraction of sp³-hybridized carbons (Fsp3) is 0.556. The number of oxime groups is 1. The van der Waals surface area contributed by atoms with Gasteiger partial charge in [0, 0.05) is 87.0 Å². The Balaban J connectivity index is 1.21. The average molecular weight is 784 g/mol. The van der Waals surface area contributed by atoms with Crippen LogP contribution in [0, 0.1) is 0 Å². The average Bonchev–Trinajstić information content (AvgIpc) is 3.10. The van der Waals surface area contributed by atoms with Crippen molar-refractivity contribution in [2.24, 2.45) is 5.16 Å². The van der Waals surface area contributed by atoms with Crippen LogP contribution in [0.3, 0.4) is 0 Å². The van der Waals surface area contributed by atoms with Crippen LogP contribution in [-0.4, -0.2) is 152 Å². The molecule has 3 heterocycles. The van der Waals surface area contributed by atoms with Crippen molar-refractivity contribution in [1.29, 1.82) is 0 Å². The number of hydrogen-bond acceptors (Lipinski definition) is 7. The Morgan fingerprint density at radius 2 is 1.61 bits per heavy atom. The van der Waals surface area contributed by atoms with Crippen LogP contribution in [0.15, 0.2) is 41.6 Å². The van der Waals surface area contributed by atoms with E-state index in [2.05, 4.69) is 22.0 Å². The van der Waals surface area contributed by atoms with Crippen LogP contribution >= 0.6 is 46.4 Å². The molecular weight excluding hydrogens is 736 g/mol. The van der Waals surface area contributed by atoms with E-state index in [0.29, 0.717) is 64.0 Å². The van der Waals surface area contributed by atoms with Gasteiger partial charge in [-0.05, 0) is 75.2 Å². The van der Waals surface area contributed by atoms with Crippen molar-refractivity contribution in [1.82, 2.24) is 29.4 Å². The van der Waals surface area contributed by atoms with Gasteiger partial charge in [0.1, 0.15) is 13.7 Å². The first-order chi connectivity index (χ1) is 24.4. The van der Waals surface area contributed by atoms with Crippen molar-refractivity contribution in [3.05, 3.63) is 67.6 Å². The van der Waals surface area contributed by atoms with Crippen LogP contribution in [0.2, 0.25) is 20.1 Å². The SMILES string of the molecule is CO/N=C(\CN(C)C(=O)c1cc(Cl)cc(Cl)c1)C(CCN1CCC(N2CCCN(CC(=O)N3CCN(C)CC3)C2=O)CC1)c1ccc(Cl)c(Cl)c1. The molecule has 1 atom stereocenters. The summed E-state index contributed by atoms with van der Waals surface area (Å²) in [5.41, 5.74) is 1.93. The molecule has 3 fully saturated rings. The summed E-state index contributed by atoms with van der Waals surface area (Å²) in [5.74, 6) is -0.455. The van der Waals surface area contributed by atoms with E-state index in [1.165, 1.54) is 7.11 Å². The number of rotatable bonds is 12. The molecule has 0 N–H and O–H groups in total. The van der Waals surface area contributed by atoms with Crippen LogP contribution in [0.4, 0.5) is 4.79 Å². The van der Waals surface area contributed by atoms with Crippen LogP contribution in [-0.2, 0) is 9.63 Å². The quantitative estimate of drug-likeness (QED) is 0.197. The third-order valence-electron chi connectivity index (χ3n) is 10.1. The van der Waals surface area contributed by atoms with E-state index >= 15 is 0 Å². The van der Waals surface area contributed by atoms with Gasteiger partial charge in [0.2, 0.25) is 5.91 Å². The minimum atomic E-state index is -0.257. The third-order valence-corrected chi connectivity index (χ3v) is 11.2. The molecule has 2 aromatic carbocycles. The smallest absolute Gasteiger partial charge is 0.320 e. The number of hydrogen-bond donors (Lipinski definition) is 0. The van der Waals surface area contributed by atoms with E-state index in [1.54, 1.807) is 41.1 Å². The Labute approximate surface area is 320 Å². The molecule has 0 bridgehead atoms. The van der Waals surface area contributed by atoms with Gasteiger partial charge in [-0.2, -0.15) is 0 Å². The number of carbonyl (C=O) groups excluding carboxylic acids is 3. The highest BCUT2D eigenvalue weighted by molar-refractivity contribution is 6.42. The van der Waals surface area contributed by atoms with Crippen LogP contribution < -0.4 is 0 Å². The third kappa shape index (κ3) is 10.4. The molecule has 0 aromatic heterocycles. The van der Waals surface area contributed by atoms with Gasteiger partial charge in [0.25, 0.3) is 5.91 Å². The second-order valence-corrected chi connectivity index (χ2v) is 15.3. The summed E-state index contributed by atoms with van der Waals surface area (Å²) in [4.78, 5) is 57.1. The van der Waals surface area contributed by atoms with Crippen molar-refractivity contribution in [3.8, 4) is 0 Å². The maximum atomic E-state index is 13.6. The van der Waals surface area contributed by atoms with Crippen LogP contribution in [0.5, 0.6) is 0 Å². The summed E-state index contributed by atoms with van der Waals surface area (Å²) in [6, 6.07) is 10.4. The number of urea groups is 1. The second kappa shape index (κ2) is 18.3. The first-order valence-electron chi connectivity index (χ1n) is 17.4.